The van der Waals surface area contributed by atoms with E-state index in [0.29, 0.717) is 52.3 Å². The number of aromatic nitrogens is 2. The number of ether oxygens (including phenoxy) is 2. The van der Waals surface area contributed by atoms with Crippen molar-refractivity contribution >= 4 is 40.5 Å². The van der Waals surface area contributed by atoms with Gasteiger partial charge < -0.3 is 25.1 Å². The zero-order chi connectivity index (χ0) is 22.1. The molecule has 2 aromatic heterocycles. The van der Waals surface area contributed by atoms with Gasteiger partial charge in [-0.3, -0.25) is 9.78 Å². The fraction of sp³-hybridized carbons (Fsp3) is 0.304. The molecule has 1 atom stereocenters. The molecule has 2 aliphatic heterocycles. The van der Waals surface area contributed by atoms with Gasteiger partial charge in [-0.2, -0.15) is 0 Å². The highest BCUT2D eigenvalue weighted by Gasteiger charge is 2.29. The Balaban J connectivity index is 1.57. The van der Waals surface area contributed by atoms with Gasteiger partial charge in [0.15, 0.2) is 0 Å². The van der Waals surface area contributed by atoms with E-state index in [4.69, 9.17) is 32.7 Å². The molecule has 5 rings (SSSR count). The number of pyridine rings is 1. The van der Waals surface area contributed by atoms with E-state index in [1.807, 2.05) is 12.1 Å². The number of aromatic amines is 1. The van der Waals surface area contributed by atoms with E-state index >= 15 is 0 Å². The van der Waals surface area contributed by atoms with Gasteiger partial charge >= 0.3 is 0 Å². The Morgan fingerprint density at radius 2 is 2.19 bits per heavy atom. The summed E-state index contributed by atoms with van der Waals surface area (Å²) < 4.78 is 11.8. The first kappa shape index (κ1) is 21.1. The molecule has 1 saturated heterocycles. The summed E-state index contributed by atoms with van der Waals surface area (Å²) >= 11 is 12.6. The van der Waals surface area contributed by atoms with Crippen molar-refractivity contribution in [2.24, 2.45) is 0 Å². The molecule has 3 aromatic rings. The Bertz CT molecular complexity index is 1160. The average Bonchev–Trinajstić information content (AvgIpc) is 3.44. The molecular formula is C23H22Cl2N4O3. The van der Waals surface area contributed by atoms with Crippen molar-refractivity contribution in [3.05, 3.63) is 58.0 Å². The second kappa shape index (κ2) is 9.02. The number of H-pyrrole nitrogens is 1. The fourth-order valence-corrected chi connectivity index (χ4v) is 4.45. The number of fused-ring (bicyclic) bond motifs is 1. The number of rotatable bonds is 6. The van der Waals surface area contributed by atoms with Crippen LogP contribution in [0, 0.1) is 0 Å². The van der Waals surface area contributed by atoms with Gasteiger partial charge in [-0.25, -0.2) is 0 Å². The molecule has 1 amide bonds. The minimum Gasteiger partial charge on any atom is -0.489 e. The van der Waals surface area contributed by atoms with Crippen molar-refractivity contribution in [1.29, 1.82) is 0 Å². The minimum atomic E-state index is -0.148. The topological polar surface area (TPSA) is 88.3 Å². The van der Waals surface area contributed by atoms with E-state index in [0.717, 1.165) is 36.4 Å². The summed E-state index contributed by atoms with van der Waals surface area (Å²) in [6.07, 6.45) is 6.17. The second-order valence-electron chi connectivity index (χ2n) is 7.78. The quantitative estimate of drug-likeness (QED) is 0.471. The van der Waals surface area contributed by atoms with E-state index in [1.165, 1.54) is 0 Å². The summed E-state index contributed by atoms with van der Waals surface area (Å²) in [4.78, 5) is 20.5. The van der Waals surface area contributed by atoms with Crippen LogP contribution in [0.2, 0.25) is 10.0 Å². The van der Waals surface area contributed by atoms with Crippen molar-refractivity contribution in [3.63, 3.8) is 0 Å². The molecular weight excluding hydrogens is 451 g/mol. The van der Waals surface area contributed by atoms with Crippen molar-refractivity contribution in [3.8, 4) is 17.0 Å². The number of hydrogen-bond acceptors (Lipinski definition) is 5. The fourth-order valence-electron chi connectivity index (χ4n) is 4.10. The molecule has 0 unspecified atom stereocenters. The van der Waals surface area contributed by atoms with E-state index in [9.17, 15) is 4.79 Å². The van der Waals surface area contributed by atoms with Gasteiger partial charge in [0.1, 0.15) is 12.4 Å². The monoisotopic (exact) mass is 472 g/mol. The maximum absolute atomic E-state index is 12.8. The van der Waals surface area contributed by atoms with Crippen LogP contribution in [0.15, 0.2) is 36.7 Å². The number of hydrogen-bond donors (Lipinski definition) is 3. The molecule has 0 saturated carbocycles. The summed E-state index contributed by atoms with van der Waals surface area (Å²) in [5, 5.41) is 7.06. The first-order valence-corrected chi connectivity index (χ1v) is 11.3. The van der Waals surface area contributed by atoms with E-state index in [-0.39, 0.29) is 12.0 Å². The van der Waals surface area contributed by atoms with E-state index in [1.54, 1.807) is 24.5 Å². The third-order valence-electron chi connectivity index (χ3n) is 5.68. The van der Waals surface area contributed by atoms with Gasteiger partial charge in [0.05, 0.1) is 45.0 Å². The van der Waals surface area contributed by atoms with Gasteiger partial charge in [-0.15, -0.1) is 0 Å². The highest BCUT2D eigenvalue weighted by atomic mass is 35.5. The Morgan fingerprint density at radius 1 is 1.28 bits per heavy atom. The number of nitrogens with zero attached hydrogens (tertiary/aromatic N) is 1. The standard InChI is InChI=1S/C23H22Cl2N4O3/c24-15-4-1-5-17(20(15)25)29-22-19-16(7-9-27-23(19)30)28-21(22)14-6-8-26-11-18(14)32-12-13-3-2-10-31-13/h1,4-6,8,11,13,28-29H,2-3,7,9-10,12H2,(H,27,30)/t13-/m0/s1. The van der Waals surface area contributed by atoms with Gasteiger partial charge in [0.25, 0.3) is 5.91 Å². The lowest BCUT2D eigenvalue weighted by Gasteiger charge is -2.17. The molecule has 1 aromatic carbocycles. The van der Waals surface area contributed by atoms with E-state index < -0.39 is 0 Å². The van der Waals surface area contributed by atoms with Crippen LogP contribution in [0.1, 0.15) is 28.9 Å². The molecule has 0 radical (unpaired) electrons. The number of benzene rings is 1. The number of carbonyl (C=O) groups excluding carboxylic acids is 1. The molecule has 0 bridgehead atoms. The largest absolute Gasteiger partial charge is 0.489 e. The first-order valence-electron chi connectivity index (χ1n) is 10.5. The summed E-state index contributed by atoms with van der Waals surface area (Å²) in [6, 6.07) is 7.21. The highest BCUT2D eigenvalue weighted by molar-refractivity contribution is 6.43. The molecule has 9 heteroatoms. The lowest BCUT2D eigenvalue weighted by Crippen LogP contribution is -2.31. The SMILES string of the molecule is O=C1NCCc2[nH]c(-c3ccncc3OC[C@@H]3CCCO3)c(Nc3cccc(Cl)c3Cl)c21. The minimum absolute atomic E-state index is 0.0774. The zero-order valence-electron chi connectivity index (χ0n) is 17.2. The molecule has 3 N–H and O–H groups in total. The van der Waals surface area contributed by atoms with Gasteiger partial charge in [0.2, 0.25) is 0 Å². The van der Waals surface area contributed by atoms with Gasteiger partial charge in [0, 0.05) is 37.0 Å². The lowest BCUT2D eigenvalue weighted by atomic mass is 10.0. The summed E-state index contributed by atoms with van der Waals surface area (Å²) in [6.45, 7) is 1.78. The van der Waals surface area contributed by atoms with E-state index in [2.05, 4.69) is 20.6 Å². The molecule has 2 aliphatic rings. The van der Waals surface area contributed by atoms with Crippen molar-refractivity contribution < 1.29 is 14.3 Å². The van der Waals surface area contributed by atoms with Crippen molar-refractivity contribution in [1.82, 2.24) is 15.3 Å². The van der Waals surface area contributed by atoms with Crippen LogP contribution in [0.3, 0.4) is 0 Å². The Labute approximate surface area is 195 Å². The van der Waals surface area contributed by atoms with Crippen LogP contribution in [0.25, 0.3) is 11.3 Å². The van der Waals surface area contributed by atoms with Gasteiger partial charge in [-0.05, 0) is 31.0 Å². The molecule has 0 spiro atoms. The number of carbonyl (C=O) groups is 1. The predicted molar refractivity (Wildman–Crippen MR) is 124 cm³/mol. The summed E-state index contributed by atoms with van der Waals surface area (Å²) in [5.74, 6) is 0.465. The Hall–Kier alpha value is -2.74. The van der Waals surface area contributed by atoms with Crippen LogP contribution in [-0.4, -0.2) is 41.7 Å². The van der Waals surface area contributed by atoms with Crippen LogP contribution < -0.4 is 15.4 Å². The maximum Gasteiger partial charge on any atom is 0.255 e. The van der Waals surface area contributed by atoms with Crippen LogP contribution in [0.5, 0.6) is 5.75 Å². The number of anilines is 2. The van der Waals surface area contributed by atoms with Crippen molar-refractivity contribution in [2.45, 2.75) is 25.4 Å². The molecule has 166 valence electrons. The maximum atomic E-state index is 12.8. The van der Waals surface area contributed by atoms with Crippen LogP contribution in [0.4, 0.5) is 11.4 Å². The third kappa shape index (κ3) is 4.03. The first-order chi connectivity index (χ1) is 15.6. The van der Waals surface area contributed by atoms with Crippen molar-refractivity contribution in [2.75, 3.05) is 25.1 Å². The number of halogens is 2. The molecule has 1 fully saturated rings. The average molecular weight is 473 g/mol. The smallest absolute Gasteiger partial charge is 0.255 e. The number of amides is 1. The normalized spacial score (nSPS) is 17.7. The lowest BCUT2D eigenvalue weighted by molar-refractivity contribution is 0.0680. The van der Waals surface area contributed by atoms with Crippen LogP contribution >= 0.6 is 23.2 Å². The van der Waals surface area contributed by atoms with Gasteiger partial charge in [-0.1, -0.05) is 29.3 Å². The zero-order valence-corrected chi connectivity index (χ0v) is 18.7. The number of nitrogens with one attached hydrogen (secondary N) is 3. The van der Waals surface area contributed by atoms with Crippen LogP contribution in [-0.2, 0) is 11.2 Å². The predicted octanol–water partition coefficient (Wildman–Crippen LogP) is 4.97. The molecule has 32 heavy (non-hydrogen) atoms. The Morgan fingerprint density at radius 3 is 3.03 bits per heavy atom. The summed E-state index contributed by atoms with van der Waals surface area (Å²) in [7, 11) is 0. The molecule has 0 aliphatic carbocycles. The molecule has 7 nitrogen and oxygen atoms in total. The Kier molecular flexibility index (Phi) is 5.95. The third-order valence-corrected chi connectivity index (χ3v) is 6.50. The molecule has 4 heterocycles. The highest BCUT2D eigenvalue weighted by Crippen LogP contribution is 2.42. The summed E-state index contributed by atoms with van der Waals surface area (Å²) in [5.41, 5.74) is 4.16. The second-order valence-corrected chi connectivity index (χ2v) is 8.56.